The lowest BCUT2D eigenvalue weighted by atomic mass is 10.1. The summed E-state index contributed by atoms with van der Waals surface area (Å²) in [5, 5.41) is 9.38. The van der Waals surface area contributed by atoms with Crippen molar-refractivity contribution in [2.24, 2.45) is 0 Å². The average Bonchev–Trinajstić information content (AvgIpc) is 2.77. The molecule has 5 heteroatoms. The molecule has 184 valence electrons. The summed E-state index contributed by atoms with van der Waals surface area (Å²) in [5.41, 5.74) is 0. The molecule has 1 N–H and O–H groups in total. The first-order valence-corrected chi connectivity index (χ1v) is 13.1. The summed E-state index contributed by atoms with van der Waals surface area (Å²) in [6.45, 7) is 4.05. The molecular formula is C26H50O5. The second-order valence-corrected chi connectivity index (χ2v) is 8.78. The van der Waals surface area contributed by atoms with Gasteiger partial charge in [-0.25, -0.2) is 0 Å². The highest BCUT2D eigenvalue weighted by atomic mass is 16.6. The summed E-state index contributed by atoms with van der Waals surface area (Å²) in [7, 11) is 0. The van der Waals surface area contributed by atoms with Crippen LogP contribution in [0.2, 0.25) is 0 Å². The molecule has 5 nitrogen and oxygen atoms in total. The molecule has 0 bridgehead atoms. The number of aliphatic hydroxyl groups is 1. The number of hydrogen-bond acceptors (Lipinski definition) is 5. The maximum atomic E-state index is 11.9. The van der Waals surface area contributed by atoms with E-state index in [9.17, 15) is 14.7 Å². The van der Waals surface area contributed by atoms with E-state index in [4.69, 9.17) is 9.47 Å². The molecule has 0 radical (unpaired) electrons. The van der Waals surface area contributed by atoms with E-state index >= 15 is 0 Å². The number of aliphatic hydroxyl groups excluding tert-OH is 1. The van der Waals surface area contributed by atoms with E-state index in [2.05, 4.69) is 13.8 Å². The molecule has 1 atom stereocenters. The first kappa shape index (κ1) is 29.9. The van der Waals surface area contributed by atoms with Gasteiger partial charge in [-0.15, -0.1) is 0 Å². The minimum atomic E-state index is -0.756. The van der Waals surface area contributed by atoms with Gasteiger partial charge in [0.1, 0.15) is 6.61 Å². The van der Waals surface area contributed by atoms with Crippen LogP contribution < -0.4 is 0 Å². The summed E-state index contributed by atoms with van der Waals surface area (Å²) >= 11 is 0. The number of rotatable bonds is 23. The van der Waals surface area contributed by atoms with Crippen molar-refractivity contribution >= 4 is 11.9 Å². The molecule has 0 fully saturated rings. The van der Waals surface area contributed by atoms with E-state index in [1.807, 2.05) is 0 Å². The highest BCUT2D eigenvalue weighted by Crippen LogP contribution is 2.12. The van der Waals surface area contributed by atoms with Crippen LogP contribution >= 0.6 is 0 Å². The maximum Gasteiger partial charge on any atom is 0.306 e. The Morgan fingerprint density at radius 2 is 1.00 bits per heavy atom. The normalized spacial score (nSPS) is 12.0. The van der Waals surface area contributed by atoms with Crippen molar-refractivity contribution in [1.82, 2.24) is 0 Å². The summed E-state index contributed by atoms with van der Waals surface area (Å²) in [6, 6.07) is 0. The smallest absolute Gasteiger partial charge is 0.306 e. The summed E-state index contributed by atoms with van der Waals surface area (Å²) in [5.74, 6) is -0.598. The van der Waals surface area contributed by atoms with Gasteiger partial charge < -0.3 is 14.6 Å². The molecule has 0 aliphatic carbocycles. The van der Waals surface area contributed by atoms with Crippen LogP contribution in [0.15, 0.2) is 0 Å². The van der Waals surface area contributed by atoms with Gasteiger partial charge in [-0.05, 0) is 12.8 Å². The number of hydrogen-bond donors (Lipinski definition) is 1. The molecule has 0 aromatic carbocycles. The highest BCUT2D eigenvalue weighted by Gasteiger charge is 2.16. The lowest BCUT2D eigenvalue weighted by molar-refractivity contribution is -0.161. The molecule has 0 heterocycles. The second-order valence-electron chi connectivity index (χ2n) is 8.78. The monoisotopic (exact) mass is 442 g/mol. The van der Waals surface area contributed by atoms with E-state index in [1.54, 1.807) is 0 Å². The Morgan fingerprint density at radius 1 is 0.613 bits per heavy atom. The molecular weight excluding hydrogens is 392 g/mol. The largest absolute Gasteiger partial charge is 0.462 e. The molecule has 0 spiro atoms. The Morgan fingerprint density at radius 3 is 1.42 bits per heavy atom. The molecule has 0 amide bonds. The third kappa shape index (κ3) is 21.9. The van der Waals surface area contributed by atoms with Crippen LogP contribution in [0, 0.1) is 0 Å². The summed E-state index contributed by atoms with van der Waals surface area (Å²) in [6.07, 6.45) is 20.2. The molecule has 0 unspecified atom stereocenters. The SMILES string of the molecule is CCCCCCCCCCCCC(=O)OC[C@H](CO)OC(=O)CCCCCCCCC. The first-order chi connectivity index (χ1) is 15.1. The maximum absolute atomic E-state index is 11.9. The summed E-state index contributed by atoms with van der Waals surface area (Å²) in [4.78, 5) is 23.7. The molecule has 0 saturated carbocycles. The topological polar surface area (TPSA) is 72.8 Å². The quantitative estimate of drug-likeness (QED) is 0.138. The predicted octanol–water partition coefficient (Wildman–Crippen LogP) is 6.89. The third-order valence-electron chi connectivity index (χ3n) is 5.65. The fourth-order valence-corrected chi connectivity index (χ4v) is 3.61. The Labute approximate surface area is 191 Å². The van der Waals surface area contributed by atoms with Crippen LogP contribution in [0.1, 0.15) is 136 Å². The Hall–Kier alpha value is -1.10. The third-order valence-corrected chi connectivity index (χ3v) is 5.65. The molecule has 31 heavy (non-hydrogen) atoms. The van der Waals surface area contributed by atoms with Crippen LogP contribution in [-0.2, 0) is 19.1 Å². The van der Waals surface area contributed by atoms with Crippen molar-refractivity contribution in [1.29, 1.82) is 0 Å². The molecule has 0 aromatic heterocycles. The molecule has 0 saturated heterocycles. The van der Waals surface area contributed by atoms with Gasteiger partial charge in [-0.2, -0.15) is 0 Å². The molecule has 0 aliphatic rings. The number of unbranched alkanes of at least 4 members (excludes halogenated alkanes) is 15. The van der Waals surface area contributed by atoms with Gasteiger partial charge in [0, 0.05) is 12.8 Å². The van der Waals surface area contributed by atoms with Crippen molar-refractivity contribution in [2.45, 2.75) is 142 Å². The minimum absolute atomic E-state index is 0.0597. The number of carbonyl (C=O) groups is 2. The van der Waals surface area contributed by atoms with E-state index in [0.29, 0.717) is 12.8 Å². The van der Waals surface area contributed by atoms with E-state index < -0.39 is 6.10 Å². The van der Waals surface area contributed by atoms with Gasteiger partial charge in [-0.1, -0.05) is 110 Å². The van der Waals surface area contributed by atoms with Crippen molar-refractivity contribution in [3.63, 3.8) is 0 Å². The zero-order chi connectivity index (χ0) is 23.0. The van der Waals surface area contributed by atoms with Crippen LogP contribution in [0.3, 0.4) is 0 Å². The lowest BCUT2D eigenvalue weighted by Gasteiger charge is -2.15. The van der Waals surface area contributed by atoms with Crippen molar-refractivity contribution in [3.8, 4) is 0 Å². The lowest BCUT2D eigenvalue weighted by Crippen LogP contribution is -2.28. The van der Waals surface area contributed by atoms with Crippen molar-refractivity contribution in [3.05, 3.63) is 0 Å². The Bertz CT molecular complexity index is 411. The van der Waals surface area contributed by atoms with Gasteiger partial charge in [0.05, 0.1) is 6.61 Å². The fraction of sp³-hybridized carbons (Fsp3) is 0.923. The van der Waals surface area contributed by atoms with Gasteiger partial charge in [0.2, 0.25) is 0 Å². The fourth-order valence-electron chi connectivity index (χ4n) is 3.61. The summed E-state index contributed by atoms with van der Waals surface area (Å²) < 4.78 is 10.4. The van der Waals surface area contributed by atoms with E-state index in [-0.39, 0.29) is 25.2 Å². The first-order valence-electron chi connectivity index (χ1n) is 13.1. The number of carbonyl (C=O) groups excluding carboxylic acids is 2. The van der Waals surface area contributed by atoms with Crippen LogP contribution in [0.5, 0.6) is 0 Å². The second kappa shape index (κ2) is 23.6. The Balaban J connectivity index is 3.61. The Kier molecular flexibility index (Phi) is 22.7. The number of esters is 2. The van der Waals surface area contributed by atoms with E-state index in [0.717, 1.165) is 38.5 Å². The standard InChI is InChI=1S/C26H50O5/c1-3-5-7-9-11-12-13-15-16-18-20-25(28)30-23-24(22-27)31-26(29)21-19-17-14-10-8-6-4-2/h24,27H,3-23H2,1-2H3/t24-/m0/s1. The highest BCUT2D eigenvalue weighted by molar-refractivity contribution is 5.70. The van der Waals surface area contributed by atoms with Crippen molar-refractivity contribution in [2.75, 3.05) is 13.2 Å². The van der Waals surface area contributed by atoms with Gasteiger partial charge in [0.25, 0.3) is 0 Å². The molecule has 0 aliphatic heterocycles. The minimum Gasteiger partial charge on any atom is -0.462 e. The van der Waals surface area contributed by atoms with E-state index in [1.165, 1.54) is 70.6 Å². The van der Waals surface area contributed by atoms with Gasteiger partial charge in [-0.3, -0.25) is 9.59 Å². The zero-order valence-corrected chi connectivity index (χ0v) is 20.5. The number of ether oxygens (including phenoxy) is 2. The average molecular weight is 443 g/mol. The van der Waals surface area contributed by atoms with Crippen LogP contribution in [0.4, 0.5) is 0 Å². The predicted molar refractivity (Wildman–Crippen MR) is 127 cm³/mol. The van der Waals surface area contributed by atoms with Crippen LogP contribution in [0.25, 0.3) is 0 Å². The van der Waals surface area contributed by atoms with Crippen molar-refractivity contribution < 1.29 is 24.2 Å². The van der Waals surface area contributed by atoms with Crippen LogP contribution in [-0.4, -0.2) is 36.4 Å². The van der Waals surface area contributed by atoms with Gasteiger partial charge >= 0.3 is 11.9 Å². The zero-order valence-electron chi connectivity index (χ0n) is 20.5. The molecule has 0 rings (SSSR count). The molecule has 0 aromatic rings. The van der Waals surface area contributed by atoms with Gasteiger partial charge in [0.15, 0.2) is 6.10 Å².